The highest BCUT2D eigenvalue weighted by molar-refractivity contribution is 7.99. The average molecular weight is 289 g/mol. The van der Waals surface area contributed by atoms with E-state index in [2.05, 4.69) is 4.90 Å². The van der Waals surface area contributed by atoms with E-state index in [1.54, 1.807) is 4.90 Å². The van der Waals surface area contributed by atoms with E-state index in [1.807, 2.05) is 21.0 Å². The van der Waals surface area contributed by atoms with E-state index in [9.17, 15) is 9.59 Å². The molecule has 0 unspecified atom stereocenters. The SMILES string of the molecule is CCN(CCCN(C)C)C(=O)N1CSC[C@H]1C(=O)O. The molecule has 0 aromatic carbocycles. The van der Waals surface area contributed by atoms with Gasteiger partial charge in [-0.1, -0.05) is 0 Å². The molecule has 1 N–H and O–H groups in total. The lowest BCUT2D eigenvalue weighted by molar-refractivity contribution is -0.140. The van der Waals surface area contributed by atoms with Crippen molar-refractivity contribution < 1.29 is 14.7 Å². The molecule has 110 valence electrons. The Morgan fingerprint density at radius 2 is 2.05 bits per heavy atom. The van der Waals surface area contributed by atoms with Crippen molar-refractivity contribution in [1.29, 1.82) is 0 Å². The molecule has 1 rings (SSSR count). The lowest BCUT2D eigenvalue weighted by Gasteiger charge is -2.29. The highest BCUT2D eigenvalue weighted by atomic mass is 32.2. The topological polar surface area (TPSA) is 64.1 Å². The van der Waals surface area contributed by atoms with Crippen molar-refractivity contribution in [3.05, 3.63) is 0 Å². The molecule has 1 saturated heterocycles. The van der Waals surface area contributed by atoms with Crippen LogP contribution in [0.25, 0.3) is 0 Å². The fourth-order valence-corrected chi connectivity index (χ4v) is 3.12. The molecule has 1 aliphatic heterocycles. The van der Waals surface area contributed by atoms with Gasteiger partial charge in [0.05, 0.1) is 5.88 Å². The first-order valence-electron chi connectivity index (χ1n) is 6.48. The zero-order chi connectivity index (χ0) is 14.4. The first-order chi connectivity index (χ1) is 8.97. The molecule has 6 nitrogen and oxygen atoms in total. The zero-order valence-electron chi connectivity index (χ0n) is 11.8. The summed E-state index contributed by atoms with van der Waals surface area (Å²) in [7, 11) is 3.99. The molecule has 1 atom stereocenters. The summed E-state index contributed by atoms with van der Waals surface area (Å²) in [5.41, 5.74) is 0. The molecule has 0 bridgehead atoms. The number of aliphatic carboxylic acids is 1. The molecule has 1 aliphatic rings. The Labute approximate surface area is 118 Å². The smallest absolute Gasteiger partial charge is 0.327 e. The molecule has 0 aromatic rings. The molecule has 2 amide bonds. The standard InChI is InChI=1S/C12H23N3O3S/c1-4-14(7-5-6-13(2)3)12(18)15-9-19-8-10(15)11(16)17/h10H,4-9H2,1-3H3,(H,16,17)/t10-/m0/s1. The zero-order valence-corrected chi connectivity index (χ0v) is 12.7. The Balaban J connectivity index is 2.55. The predicted molar refractivity (Wildman–Crippen MR) is 76.4 cm³/mol. The van der Waals surface area contributed by atoms with E-state index >= 15 is 0 Å². The number of nitrogens with zero attached hydrogens (tertiary/aromatic N) is 3. The summed E-state index contributed by atoms with van der Waals surface area (Å²) >= 11 is 1.49. The number of hydrogen-bond acceptors (Lipinski definition) is 4. The van der Waals surface area contributed by atoms with Gasteiger partial charge in [0.25, 0.3) is 0 Å². The second kappa shape index (κ2) is 7.59. The average Bonchev–Trinajstić information content (AvgIpc) is 2.82. The molecule has 0 spiro atoms. The van der Waals surface area contributed by atoms with Crippen LogP contribution in [-0.4, -0.2) is 83.2 Å². The molecule has 19 heavy (non-hydrogen) atoms. The second-order valence-corrected chi connectivity index (χ2v) is 5.84. The van der Waals surface area contributed by atoms with Crippen LogP contribution in [0.2, 0.25) is 0 Å². The Kier molecular flexibility index (Phi) is 6.44. The van der Waals surface area contributed by atoms with Gasteiger partial charge in [0.1, 0.15) is 6.04 Å². The second-order valence-electron chi connectivity index (χ2n) is 4.84. The van der Waals surface area contributed by atoms with Crippen molar-refractivity contribution in [2.45, 2.75) is 19.4 Å². The fraction of sp³-hybridized carbons (Fsp3) is 0.833. The van der Waals surface area contributed by atoms with Gasteiger partial charge >= 0.3 is 12.0 Å². The number of urea groups is 1. The molecule has 0 aliphatic carbocycles. The summed E-state index contributed by atoms with van der Waals surface area (Å²) < 4.78 is 0. The summed E-state index contributed by atoms with van der Waals surface area (Å²) in [5.74, 6) is 0.0405. The van der Waals surface area contributed by atoms with Gasteiger partial charge < -0.3 is 19.8 Å². The normalized spacial score (nSPS) is 18.9. The van der Waals surface area contributed by atoms with Gasteiger partial charge in [-0.05, 0) is 34.0 Å². The van der Waals surface area contributed by atoms with Gasteiger partial charge in [0, 0.05) is 18.8 Å². The van der Waals surface area contributed by atoms with Crippen LogP contribution in [0, 0.1) is 0 Å². The Morgan fingerprint density at radius 3 is 2.58 bits per heavy atom. The number of carbonyl (C=O) groups excluding carboxylic acids is 1. The van der Waals surface area contributed by atoms with Crippen molar-refractivity contribution in [3.8, 4) is 0 Å². The number of carboxylic acid groups (broad SMARTS) is 1. The van der Waals surface area contributed by atoms with Crippen LogP contribution < -0.4 is 0 Å². The minimum absolute atomic E-state index is 0.154. The Bertz CT molecular complexity index is 325. The summed E-state index contributed by atoms with van der Waals surface area (Å²) in [4.78, 5) is 28.7. The predicted octanol–water partition coefficient (Wildman–Crippen LogP) is 0.839. The minimum Gasteiger partial charge on any atom is -0.480 e. The Hall–Kier alpha value is -0.950. The number of carbonyl (C=O) groups is 2. The molecule has 0 saturated carbocycles. The summed E-state index contributed by atoms with van der Waals surface area (Å²) in [6.45, 7) is 4.12. The van der Waals surface area contributed by atoms with Gasteiger partial charge in [-0.2, -0.15) is 0 Å². The number of hydrogen-bond donors (Lipinski definition) is 1. The van der Waals surface area contributed by atoms with Crippen LogP contribution in [0.15, 0.2) is 0 Å². The fourth-order valence-electron chi connectivity index (χ4n) is 1.98. The maximum atomic E-state index is 12.3. The minimum atomic E-state index is -0.914. The monoisotopic (exact) mass is 289 g/mol. The first kappa shape index (κ1) is 16.1. The quantitative estimate of drug-likeness (QED) is 0.785. The van der Waals surface area contributed by atoms with Crippen molar-refractivity contribution >= 4 is 23.8 Å². The van der Waals surface area contributed by atoms with E-state index in [0.29, 0.717) is 24.7 Å². The molecular weight excluding hydrogens is 266 g/mol. The van der Waals surface area contributed by atoms with Crippen molar-refractivity contribution in [2.75, 3.05) is 45.4 Å². The van der Waals surface area contributed by atoms with E-state index in [0.717, 1.165) is 13.0 Å². The third-order valence-corrected chi connectivity index (χ3v) is 4.11. The van der Waals surface area contributed by atoms with Crippen LogP contribution in [-0.2, 0) is 4.79 Å². The molecule has 1 heterocycles. The molecule has 1 fully saturated rings. The highest BCUT2D eigenvalue weighted by Crippen LogP contribution is 2.22. The molecular formula is C12H23N3O3S. The number of amides is 2. The van der Waals surface area contributed by atoms with Crippen molar-refractivity contribution in [3.63, 3.8) is 0 Å². The number of carboxylic acids is 1. The lowest BCUT2D eigenvalue weighted by atomic mass is 10.3. The third kappa shape index (κ3) is 4.58. The van der Waals surface area contributed by atoms with Gasteiger partial charge in [0.2, 0.25) is 0 Å². The van der Waals surface area contributed by atoms with Gasteiger partial charge in [-0.15, -0.1) is 11.8 Å². The summed E-state index contributed by atoms with van der Waals surface area (Å²) in [5, 5.41) is 9.10. The van der Waals surface area contributed by atoms with Crippen LogP contribution in [0.1, 0.15) is 13.3 Å². The lowest BCUT2D eigenvalue weighted by Crippen LogP contribution is -2.49. The maximum absolute atomic E-state index is 12.3. The Morgan fingerprint density at radius 1 is 1.37 bits per heavy atom. The van der Waals surface area contributed by atoms with E-state index in [-0.39, 0.29) is 6.03 Å². The molecule has 0 radical (unpaired) electrons. The van der Waals surface area contributed by atoms with Crippen LogP contribution in [0.4, 0.5) is 4.79 Å². The van der Waals surface area contributed by atoms with Crippen LogP contribution in [0.5, 0.6) is 0 Å². The molecule has 7 heteroatoms. The maximum Gasteiger partial charge on any atom is 0.327 e. The van der Waals surface area contributed by atoms with Gasteiger partial charge in [0.15, 0.2) is 0 Å². The number of rotatable bonds is 6. The third-order valence-electron chi connectivity index (χ3n) is 3.10. The van der Waals surface area contributed by atoms with Crippen LogP contribution >= 0.6 is 11.8 Å². The van der Waals surface area contributed by atoms with E-state index < -0.39 is 12.0 Å². The van der Waals surface area contributed by atoms with Gasteiger partial charge in [-0.25, -0.2) is 9.59 Å². The molecule has 0 aromatic heterocycles. The van der Waals surface area contributed by atoms with E-state index in [4.69, 9.17) is 5.11 Å². The first-order valence-corrected chi connectivity index (χ1v) is 7.63. The summed E-state index contributed by atoms with van der Waals surface area (Å²) in [6, 6.07) is -0.834. The van der Waals surface area contributed by atoms with Crippen LogP contribution in [0.3, 0.4) is 0 Å². The van der Waals surface area contributed by atoms with Crippen molar-refractivity contribution in [1.82, 2.24) is 14.7 Å². The van der Waals surface area contributed by atoms with Crippen molar-refractivity contribution in [2.24, 2.45) is 0 Å². The largest absolute Gasteiger partial charge is 0.480 e. The highest BCUT2D eigenvalue weighted by Gasteiger charge is 2.36. The van der Waals surface area contributed by atoms with E-state index in [1.165, 1.54) is 16.7 Å². The number of thioether (sulfide) groups is 1. The summed E-state index contributed by atoms with van der Waals surface area (Å²) in [6.07, 6.45) is 0.894. The van der Waals surface area contributed by atoms with Gasteiger partial charge in [-0.3, -0.25) is 0 Å².